The van der Waals surface area contributed by atoms with Crippen LogP contribution < -0.4 is 0 Å². The average Bonchev–Trinajstić information content (AvgIpc) is 2.10. The summed E-state index contributed by atoms with van der Waals surface area (Å²) in [4.78, 5) is 0. The smallest absolute Gasteiger partial charge is 0.00675 e. The first-order valence-corrected chi connectivity index (χ1v) is 6.17. The quantitative estimate of drug-likeness (QED) is 0.406. The second-order valence-corrected chi connectivity index (χ2v) is 4.55. The third kappa shape index (κ3) is 8.19. The summed E-state index contributed by atoms with van der Waals surface area (Å²) in [6.07, 6.45) is 7.43. The monoisotopic (exact) mass is 186 g/mol. The SMILES string of the molecule is C=CC(C)CCCCSCCC. The number of allylic oxidation sites excluding steroid dienone is 1. The van der Waals surface area contributed by atoms with Crippen molar-refractivity contribution in [1.82, 2.24) is 0 Å². The van der Waals surface area contributed by atoms with Crippen LogP contribution in [0, 0.1) is 5.92 Å². The maximum Gasteiger partial charge on any atom is -0.00675 e. The van der Waals surface area contributed by atoms with Gasteiger partial charge in [0.2, 0.25) is 0 Å². The highest BCUT2D eigenvalue weighted by Crippen LogP contribution is 2.11. The van der Waals surface area contributed by atoms with Crippen LogP contribution in [0.2, 0.25) is 0 Å². The molecule has 0 amide bonds. The first-order valence-electron chi connectivity index (χ1n) is 5.01. The molecule has 0 saturated carbocycles. The second kappa shape index (κ2) is 9.18. The molecule has 0 aromatic heterocycles. The van der Waals surface area contributed by atoms with Crippen molar-refractivity contribution in [3.8, 4) is 0 Å². The van der Waals surface area contributed by atoms with Gasteiger partial charge in [-0.3, -0.25) is 0 Å². The topological polar surface area (TPSA) is 0 Å². The van der Waals surface area contributed by atoms with Gasteiger partial charge in [0, 0.05) is 0 Å². The summed E-state index contributed by atoms with van der Waals surface area (Å²) >= 11 is 2.09. The fourth-order valence-electron chi connectivity index (χ4n) is 1.03. The predicted molar refractivity (Wildman–Crippen MR) is 60.8 cm³/mol. The number of thioether (sulfide) groups is 1. The van der Waals surface area contributed by atoms with Crippen LogP contribution in [0.15, 0.2) is 12.7 Å². The molecule has 0 spiro atoms. The zero-order chi connectivity index (χ0) is 9.23. The zero-order valence-electron chi connectivity index (χ0n) is 8.51. The van der Waals surface area contributed by atoms with Gasteiger partial charge in [-0.2, -0.15) is 11.8 Å². The molecule has 0 aromatic carbocycles. The molecule has 0 aliphatic carbocycles. The van der Waals surface area contributed by atoms with Gasteiger partial charge < -0.3 is 0 Å². The highest BCUT2D eigenvalue weighted by molar-refractivity contribution is 7.99. The molecule has 0 aliphatic heterocycles. The van der Waals surface area contributed by atoms with Crippen LogP contribution in [0.25, 0.3) is 0 Å². The summed E-state index contributed by atoms with van der Waals surface area (Å²) in [6, 6.07) is 0. The molecule has 0 aliphatic rings. The Bertz CT molecular complexity index is 99.2. The van der Waals surface area contributed by atoms with Gasteiger partial charge in [-0.15, -0.1) is 6.58 Å². The molecule has 0 rings (SSSR count). The van der Waals surface area contributed by atoms with Gasteiger partial charge in [-0.25, -0.2) is 0 Å². The van der Waals surface area contributed by atoms with E-state index in [1.54, 1.807) is 0 Å². The van der Waals surface area contributed by atoms with Gasteiger partial charge in [-0.05, 0) is 36.7 Å². The molecule has 0 radical (unpaired) electrons. The lowest BCUT2D eigenvalue weighted by atomic mass is 10.1. The third-order valence-corrected chi connectivity index (χ3v) is 3.22. The molecule has 0 aromatic rings. The Labute approximate surface area is 81.8 Å². The van der Waals surface area contributed by atoms with E-state index >= 15 is 0 Å². The molecule has 1 unspecified atom stereocenters. The highest BCUT2D eigenvalue weighted by atomic mass is 32.2. The van der Waals surface area contributed by atoms with Crippen molar-refractivity contribution in [3.63, 3.8) is 0 Å². The molecule has 72 valence electrons. The third-order valence-electron chi connectivity index (χ3n) is 1.95. The zero-order valence-corrected chi connectivity index (χ0v) is 9.33. The fraction of sp³-hybridized carbons (Fsp3) is 0.818. The van der Waals surface area contributed by atoms with Crippen molar-refractivity contribution in [1.29, 1.82) is 0 Å². The minimum Gasteiger partial charge on any atom is -0.162 e. The molecular weight excluding hydrogens is 164 g/mol. The largest absolute Gasteiger partial charge is 0.162 e. The summed E-state index contributed by atoms with van der Waals surface area (Å²) in [6.45, 7) is 8.27. The standard InChI is InChI=1S/C11H22S/c1-4-9-12-10-7-6-8-11(3)5-2/h5,11H,2,4,6-10H2,1,3H3. The van der Waals surface area contributed by atoms with E-state index in [0.29, 0.717) is 5.92 Å². The Morgan fingerprint density at radius 1 is 1.33 bits per heavy atom. The van der Waals surface area contributed by atoms with Crippen molar-refractivity contribution in [3.05, 3.63) is 12.7 Å². The van der Waals surface area contributed by atoms with Crippen molar-refractivity contribution in [2.45, 2.75) is 39.5 Å². The van der Waals surface area contributed by atoms with Gasteiger partial charge in [0.05, 0.1) is 0 Å². The molecular formula is C11H22S. The molecule has 0 nitrogen and oxygen atoms in total. The number of rotatable bonds is 8. The first-order chi connectivity index (χ1) is 5.81. The van der Waals surface area contributed by atoms with Crippen molar-refractivity contribution in [2.24, 2.45) is 5.92 Å². The molecule has 0 fully saturated rings. The van der Waals surface area contributed by atoms with Gasteiger partial charge in [-0.1, -0.05) is 26.3 Å². The average molecular weight is 186 g/mol. The molecule has 0 N–H and O–H groups in total. The van der Waals surface area contributed by atoms with E-state index in [1.165, 1.54) is 37.2 Å². The summed E-state index contributed by atoms with van der Waals surface area (Å²) in [5.41, 5.74) is 0. The summed E-state index contributed by atoms with van der Waals surface area (Å²) < 4.78 is 0. The van der Waals surface area contributed by atoms with E-state index < -0.39 is 0 Å². The van der Waals surface area contributed by atoms with Crippen LogP contribution in [0.4, 0.5) is 0 Å². The lowest BCUT2D eigenvalue weighted by molar-refractivity contribution is 0.601. The highest BCUT2D eigenvalue weighted by Gasteiger charge is 1.95. The van der Waals surface area contributed by atoms with Gasteiger partial charge >= 0.3 is 0 Å². The molecule has 0 bridgehead atoms. The molecule has 0 saturated heterocycles. The maximum atomic E-state index is 3.78. The Morgan fingerprint density at radius 3 is 2.67 bits per heavy atom. The Balaban J connectivity index is 2.95. The number of hydrogen-bond donors (Lipinski definition) is 0. The van der Waals surface area contributed by atoms with Crippen LogP contribution in [0.3, 0.4) is 0 Å². The van der Waals surface area contributed by atoms with Crippen molar-refractivity contribution in [2.75, 3.05) is 11.5 Å². The van der Waals surface area contributed by atoms with Gasteiger partial charge in [0.15, 0.2) is 0 Å². The normalized spacial score (nSPS) is 12.8. The van der Waals surface area contributed by atoms with Crippen LogP contribution in [-0.2, 0) is 0 Å². The molecule has 0 heterocycles. The molecule has 1 heteroatoms. The van der Waals surface area contributed by atoms with Crippen molar-refractivity contribution < 1.29 is 0 Å². The van der Waals surface area contributed by atoms with E-state index in [1.807, 2.05) is 0 Å². The molecule has 1 atom stereocenters. The van der Waals surface area contributed by atoms with Crippen LogP contribution >= 0.6 is 11.8 Å². The minimum absolute atomic E-state index is 0.709. The van der Waals surface area contributed by atoms with Crippen molar-refractivity contribution >= 4 is 11.8 Å². The van der Waals surface area contributed by atoms with Crippen LogP contribution in [0.1, 0.15) is 39.5 Å². The number of hydrogen-bond acceptors (Lipinski definition) is 1. The van der Waals surface area contributed by atoms with E-state index in [4.69, 9.17) is 0 Å². The van der Waals surface area contributed by atoms with E-state index in [0.717, 1.165) is 0 Å². The second-order valence-electron chi connectivity index (χ2n) is 3.32. The summed E-state index contributed by atoms with van der Waals surface area (Å²) in [7, 11) is 0. The maximum absolute atomic E-state index is 3.78. The molecule has 12 heavy (non-hydrogen) atoms. The van der Waals surface area contributed by atoms with Gasteiger partial charge in [0.25, 0.3) is 0 Å². The predicted octanol–water partition coefficient (Wildman–Crippen LogP) is 4.12. The fourth-order valence-corrected chi connectivity index (χ4v) is 1.94. The summed E-state index contributed by atoms with van der Waals surface area (Å²) in [5.74, 6) is 3.38. The first kappa shape index (κ1) is 12.1. The Hall–Kier alpha value is 0.0900. The van der Waals surface area contributed by atoms with Crippen LogP contribution in [0.5, 0.6) is 0 Å². The lowest BCUT2D eigenvalue weighted by Gasteiger charge is -2.04. The van der Waals surface area contributed by atoms with E-state index in [9.17, 15) is 0 Å². The van der Waals surface area contributed by atoms with Crippen LogP contribution in [-0.4, -0.2) is 11.5 Å². The lowest BCUT2D eigenvalue weighted by Crippen LogP contribution is -1.90. The van der Waals surface area contributed by atoms with E-state index in [2.05, 4.69) is 38.3 Å². The Kier molecular flexibility index (Phi) is 9.25. The minimum atomic E-state index is 0.709. The van der Waals surface area contributed by atoms with Gasteiger partial charge in [0.1, 0.15) is 0 Å². The summed E-state index contributed by atoms with van der Waals surface area (Å²) in [5, 5.41) is 0. The number of unbranched alkanes of at least 4 members (excludes halogenated alkanes) is 1. The Morgan fingerprint density at radius 2 is 2.08 bits per heavy atom. The van der Waals surface area contributed by atoms with E-state index in [-0.39, 0.29) is 0 Å².